The van der Waals surface area contributed by atoms with Gasteiger partial charge >= 0.3 is 0 Å². The van der Waals surface area contributed by atoms with Gasteiger partial charge in [-0.2, -0.15) is 10.1 Å². The summed E-state index contributed by atoms with van der Waals surface area (Å²) >= 11 is 6.06. The van der Waals surface area contributed by atoms with E-state index in [1.165, 1.54) is 5.39 Å². The Morgan fingerprint density at radius 2 is 1.82 bits per heavy atom. The molecule has 1 N–H and O–H groups in total. The maximum absolute atomic E-state index is 6.06. The molecule has 0 amide bonds. The van der Waals surface area contributed by atoms with E-state index in [9.17, 15) is 0 Å². The molecule has 4 aromatic rings. The summed E-state index contributed by atoms with van der Waals surface area (Å²) in [4.78, 5) is 11.9. The molecular weight excluding hydrogens is 448 g/mol. The predicted molar refractivity (Wildman–Crippen MR) is 138 cm³/mol. The molecule has 34 heavy (non-hydrogen) atoms. The number of anilines is 3. The van der Waals surface area contributed by atoms with Crippen LogP contribution in [-0.4, -0.2) is 46.1 Å². The maximum Gasteiger partial charge on any atom is 0.228 e. The van der Waals surface area contributed by atoms with Crippen molar-refractivity contribution in [1.82, 2.24) is 19.7 Å². The average molecular weight is 477 g/mol. The van der Waals surface area contributed by atoms with Crippen LogP contribution < -0.4 is 10.2 Å². The summed E-state index contributed by atoms with van der Waals surface area (Å²) in [6, 6.07) is 16.1. The maximum atomic E-state index is 6.06. The number of aryl methyl sites for hydroxylation is 2. The van der Waals surface area contributed by atoms with Crippen LogP contribution in [0.25, 0.3) is 22.2 Å². The van der Waals surface area contributed by atoms with Crippen LogP contribution in [0.4, 0.5) is 17.5 Å². The molecule has 1 aliphatic heterocycles. The second kappa shape index (κ2) is 9.99. The monoisotopic (exact) mass is 476 g/mol. The zero-order chi connectivity index (χ0) is 23.5. The van der Waals surface area contributed by atoms with E-state index in [1.54, 1.807) is 0 Å². The number of benzene rings is 2. The second-order valence-electron chi connectivity index (χ2n) is 8.58. The largest absolute Gasteiger partial charge is 0.378 e. The van der Waals surface area contributed by atoms with Crippen LogP contribution in [0.3, 0.4) is 0 Å². The number of unbranched alkanes of at least 4 members (excludes halogenated alkanes) is 1. The molecule has 8 heteroatoms. The molecule has 0 unspecified atom stereocenters. The Morgan fingerprint density at radius 1 is 1.03 bits per heavy atom. The van der Waals surface area contributed by atoms with Gasteiger partial charge in [0.05, 0.1) is 30.1 Å². The highest BCUT2D eigenvalue weighted by molar-refractivity contribution is 6.30. The highest BCUT2D eigenvalue weighted by Gasteiger charge is 2.17. The molecule has 1 aliphatic rings. The Morgan fingerprint density at radius 3 is 2.59 bits per heavy atom. The molecule has 0 radical (unpaired) electrons. The lowest BCUT2D eigenvalue weighted by atomic mass is 10.1. The summed E-state index contributed by atoms with van der Waals surface area (Å²) in [5, 5.41) is 10.1. The van der Waals surface area contributed by atoms with Crippen molar-refractivity contribution >= 4 is 40.0 Å². The molecule has 0 atom stereocenters. The first kappa shape index (κ1) is 22.6. The van der Waals surface area contributed by atoms with Gasteiger partial charge in [-0.25, -0.2) is 4.98 Å². The van der Waals surface area contributed by atoms with E-state index in [1.807, 2.05) is 42.1 Å². The summed E-state index contributed by atoms with van der Waals surface area (Å²) in [5.74, 6) is 1.44. The molecule has 3 heterocycles. The lowest BCUT2D eigenvalue weighted by Gasteiger charge is -2.27. The summed E-state index contributed by atoms with van der Waals surface area (Å²) in [5.41, 5.74) is 5.10. The predicted octanol–water partition coefficient (Wildman–Crippen LogP) is 5.61. The van der Waals surface area contributed by atoms with E-state index >= 15 is 0 Å². The van der Waals surface area contributed by atoms with Crippen LogP contribution in [0.5, 0.6) is 0 Å². The summed E-state index contributed by atoms with van der Waals surface area (Å²) in [7, 11) is 2.01. The second-order valence-corrected chi connectivity index (χ2v) is 9.01. The zero-order valence-electron chi connectivity index (χ0n) is 19.6. The normalized spacial score (nSPS) is 14.0. The van der Waals surface area contributed by atoms with E-state index in [0.717, 1.165) is 66.3 Å². The van der Waals surface area contributed by atoms with Crippen LogP contribution >= 0.6 is 11.6 Å². The molecular formula is C26H29ClN6O. The third-order valence-electron chi connectivity index (χ3n) is 6.12. The Hall–Kier alpha value is -3.16. The molecule has 0 saturated carbocycles. The molecule has 0 bridgehead atoms. The topological polar surface area (TPSA) is 68.1 Å². The van der Waals surface area contributed by atoms with E-state index in [-0.39, 0.29) is 0 Å². The van der Waals surface area contributed by atoms with Crippen molar-refractivity contribution in [3.8, 4) is 11.3 Å². The van der Waals surface area contributed by atoms with Gasteiger partial charge in [0, 0.05) is 47.9 Å². The number of morpholine rings is 1. The van der Waals surface area contributed by atoms with Crippen molar-refractivity contribution in [2.24, 2.45) is 7.05 Å². The van der Waals surface area contributed by atoms with Crippen molar-refractivity contribution in [3.05, 3.63) is 59.2 Å². The van der Waals surface area contributed by atoms with Crippen molar-refractivity contribution in [3.63, 3.8) is 0 Å². The number of hydrogen-bond donors (Lipinski definition) is 1. The number of rotatable bonds is 7. The van der Waals surface area contributed by atoms with Gasteiger partial charge < -0.3 is 15.0 Å². The highest BCUT2D eigenvalue weighted by atomic mass is 35.5. The molecule has 0 spiro atoms. The molecule has 2 aromatic carbocycles. The number of ether oxygens (including phenoxy) is 1. The number of halogens is 1. The lowest BCUT2D eigenvalue weighted by molar-refractivity contribution is 0.122. The summed E-state index contributed by atoms with van der Waals surface area (Å²) < 4.78 is 7.50. The SMILES string of the molecule is CCCCc1nn(C)c2cc(-c3cc(Nc4ccc(Cl)cc4)nc(N4CCOCC4)n3)ccc12. The van der Waals surface area contributed by atoms with Crippen LogP contribution in [0, 0.1) is 0 Å². The molecule has 1 fully saturated rings. The molecule has 176 valence electrons. The summed E-state index contributed by atoms with van der Waals surface area (Å²) in [6.07, 6.45) is 3.30. The van der Waals surface area contributed by atoms with Gasteiger partial charge in [0.15, 0.2) is 0 Å². The first-order valence-electron chi connectivity index (χ1n) is 11.8. The van der Waals surface area contributed by atoms with Gasteiger partial charge in [-0.1, -0.05) is 37.1 Å². The lowest BCUT2D eigenvalue weighted by Crippen LogP contribution is -2.37. The first-order valence-corrected chi connectivity index (χ1v) is 12.2. The van der Waals surface area contributed by atoms with E-state index < -0.39 is 0 Å². The van der Waals surface area contributed by atoms with Crippen molar-refractivity contribution in [2.75, 3.05) is 36.5 Å². The molecule has 1 saturated heterocycles. The van der Waals surface area contributed by atoms with Gasteiger partial charge in [0.1, 0.15) is 5.82 Å². The smallest absolute Gasteiger partial charge is 0.228 e. The van der Waals surface area contributed by atoms with Crippen LogP contribution in [-0.2, 0) is 18.2 Å². The third kappa shape index (κ3) is 4.86. The minimum absolute atomic E-state index is 0.676. The number of nitrogens with zero attached hydrogens (tertiary/aromatic N) is 5. The summed E-state index contributed by atoms with van der Waals surface area (Å²) in [6.45, 7) is 5.10. The fourth-order valence-electron chi connectivity index (χ4n) is 4.25. The Balaban J connectivity index is 1.54. The van der Waals surface area contributed by atoms with E-state index in [4.69, 9.17) is 31.4 Å². The van der Waals surface area contributed by atoms with Crippen molar-refractivity contribution in [1.29, 1.82) is 0 Å². The van der Waals surface area contributed by atoms with E-state index in [2.05, 4.69) is 35.3 Å². The van der Waals surface area contributed by atoms with Crippen molar-refractivity contribution < 1.29 is 4.74 Å². The third-order valence-corrected chi connectivity index (χ3v) is 6.37. The number of fused-ring (bicyclic) bond motifs is 1. The van der Waals surface area contributed by atoms with Gasteiger partial charge in [0.2, 0.25) is 5.95 Å². The standard InChI is InChI=1S/C26H29ClN6O/c1-3-4-5-22-21-11-6-18(16-24(21)32(2)31-22)23-17-25(28-20-9-7-19(27)8-10-20)30-26(29-23)33-12-14-34-15-13-33/h6-11,16-17H,3-5,12-15H2,1-2H3,(H,28,29,30). The van der Waals surface area contributed by atoms with Gasteiger partial charge in [-0.15, -0.1) is 0 Å². The van der Waals surface area contributed by atoms with Crippen LogP contribution in [0.2, 0.25) is 5.02 Å². The number of aromatic nitrogens is 4. The zero-order valence-corrected chi connectivity index (χ0v) is 20.3. The minimum Gasteiger partial charge on any atom is -0.378 e. The highest BCUT2D eigenvalue weighted by Crippen LogP contribution is 2.29. The number of hydrogen-bond acceptors (Lipinski definition) is 6. The van der Waals surface area contributed by atoms with Crippen LogP contribution in [0.15, 0.2) is 48.5 Å². The van der Waals surface area contributed by atoms with Gasteiger partial charge in [-0.3, -0.25) is 4.68 Å². The van der Waals surface area contributed by atoms with E-state index in [0.29, 0.717) is 24.2 Å². The Kier molecular flexibility index (Phi) is 6.65. The molecule has 2 aromatic heterocycles. The fraction of sp³-hybridized carbons (Fsp3) is 0.346. The fourth-order valence-corrected chi connectivity index (χ4v) is 4.38. The van der Waals surface area contributed by atoms with Gasteiger partial charge in [-0.05, 0) is 43.2 Å². The van der Waals surface area contributed by atoms with Crippen molar-refractivity contribution in [2.45, 2.75) is 26.2 Å². The average Bonchev–Trinajstić information content (AvgIpc) is 3.19. The van der Waals surface area contributed by atoms with Gasteiger partial charge in [0.25, 0.3) is 0 Å². The Labute approximate surface area is 204 Å². The number of nitrogens with one attached hydrogen (secondary N) is 1. The molecule has 7 nitrogen and oxygen atoms in total. The minimum atomic E-state index is 0.676. The Bertz CT molecular complexity index is 1280. The molecule has 0 aliphatic carbocycles. The molecule has 5 rings (SSSR count). The first-order chi connectivity index (χ1) is 16.6. The van der Waals surface area contributed by atoms with Crippen LogP contribution in [0.1, 0.15) is 25.5 Å². The quantitative estimate of drug-likeness (QED) is 0.374.